The maximum atomic E-state index is 5.52. The Morgan fingerprint density at radius 3 is 2.21 bits per heavy atom. The minimum Gasteiger partial charge on any atom is -0.381 e. The number of hydrogen-bond donors (Lipinski definition) is 0. The van der Waals surface area contributed by atoms with Crippen molar-refractivity contribution in [3.8, 4) is 0 Å². The molecule has 0 N–H and O–H groups in total. The molecule has 0 saturated carbocycles. The van der Waals surface area contributed by atoms with Gasteiger partial charge in [0.2, 0.25) is 0 Å². The van der Waals surface area contributed by atoms with Crippen molar-refractivity contribution >= 4 is 0 Å². The van der Waals surface area contributed by atoms with Gasteiger partial charge in [0.15, 0.2) is 0 Å². The normalized spacial score (nSPS) is 11.6. The molecule has 1 radical (unpaired) electrons. The maximum Gasteiger partial charge on any atom is 0.0488 e. The van der Waals surface area contributed by atoms with Gasteiger partial charge >= 0.3 is 0 Å². The lowest BCUT2D eigenvalue weighted by molar-refractivity contribution is 0.106. The van der Waals surface area contributed by atoms with E-state index in [0.717, 1.165) is 13.2 Å². The van der Waals surface area contributed by atoms with E-state index in [4.69, 9.17) is 4.74 Å². The van der Waals surface area contributed by atoms with Gasteiger partial charge in [-0.15, -0.1) is 0 Å². The summed E-state index contributed by atoms with van der Waals surface area (Å²) in [6.07, 6.45) is 6.57. The predicted octanol–water partition coefficient (Wildman–Crippen LogP) is 4.22. The van der Waals surface area contributed by atoms with Crippen LogP contribution in [0.5, 0.6) is 0 Å². The highest BCUT2D eigenvalue weighted by Crippen LogP contribution is 2.10. The Morgan fingerprint density at radius 1 is 1.00 bits per heavy atom. The molecule has 0 saturated heterocycles. The zero-order chi connectivity index (χ0) is 10.8. The lowest BCUT2D eigenvalue weighted by atomic mass is 10.0. The average Bonchev–Trinajstić information content (AvgIpc) is 2.08. The molecule has 1 nitrogen and oxygen atoms in total. The number of rotatable bonds is 9. The topological polar surface area (TPSA) is 9.23 Å². The maximum absolute atomic E-state index is 5.52. The van der Waals surface area contributed by atoms with Gasteiger partial charge in [0, 0.05) is 13.2 Å². The summed E-state index contributed by atoms with van der Waals surface area (Å²) in [6, 6.07) is 0. The van der Waals surface area contributed by atoms with Crippen LogP contribution in [0, 0.1) is 11.8 Å². The minimum atomic E-state index is 0.673. The van der Waals surface area contributed by atoms with Crippen LogP contribution in [0.4, 0.5) is 0 Å². The summed E-state index contributed by atoms with van der Waals surface area (Å²) in [5.74, 6) is 2.23. The first kappa shape index (κ1) is 14.0. The van der Waals surface area contributed by atoms with Crippen molar-refractivity contribution in [2.75, 3.05) is 13.2 Å². The molecule has 85 valence electrons. The largest absolute Gasteiger partial charge is 0.381 e. The summed E-state index contributed by atoms with van der Waals surface area (Å²) < 4.78 is 5.52. The summed E-state index contributed by atoms with van der Waals surface area (Å²) in [5.41, 5.74) is 0. The highest BCUT2D eigenvalue weighted by molar-refractivity contribution is 4.75. The lowest BCUT2D eigenvalue weighted by Gasteiger charge is -2.07. The van der Waals surface area contributed by atoms with Gasteiger partial charge < -0.3 is 4.74 Å². The van der Waals surface area contributed by atoms with Crippen LogP contribution in [0.2, 0.25) is 0 Å². The van der Waals surface area contributed by atoms with E-state index in [1.807, 2.05) is 0 Å². The SMILES string of the molecule is C[C](C)CCCCCCOCC(C)C. The van der Waals surface area contributed by atoms with E-state index >= 15 is 0 Å². The highest BCUT2D eigenvalue weighted by atomic mass is 16.5. The number of ether oxygens (including phenoxy) is 1. The fourth-order valence-corrected chi connectivity index (χ4v) is 1.36. The van der Waals surface area contributed by atoms with Gasteiger partial charge in [-0.2, -0.15) is 0 Å². The van der Waals surface area contributed by atoms with E-state index < -0.39 is 0 Å². The molecule has 0 aromatic heterocycles. The molecular weight excluding hydrogens is 172 g/mol. The molecule has 0 aliphatic heterocycles. The van der Waals surface area contributed by atoms with Crippen molar-refractivity contribution in [1.82, 2.24) is 0 Å². The van der Waals surface area contributed by atoms with Crippen molar-refractivity contribution in [2.45, 2.75) is 59.8 Å². The molecule has 0 heterocycles. The molecule has 0 unspecified atom stereocenters. The van der Waals surface area contributed by atoms with Crippen LogP contribution in [-0.4, -0.2) is 13.2 Å². The molecule has 1 heteroatoms. The summed E-state index contributed by atoms with van der Waals surface area (Å²) in [6.45, 7) is 10.7. The van der Waals surface area contributed by atoms with Gasteiger partial charge in [-0.3, -0.25) is 0 Å². The van der Waals surface area contributed by atoms with Crippen LogP contribution in [0.3, 0.4) is 0 Å². The first-order valence-corrected chi connectivity index (χ1v) is 5.99. The van der Waals surface area contributed by atoms with Crippen molar-refractivity contribution < 1.29 is 4.74 Å². The van der Waals surface area contributed by atoms with Crippen LogP contribution in [0.25, 0.3) is 0 Å². The second-order valence-corrected chi connectivity index (χ2v) is 4.84. The van der Waals surface area contributed by atoms with Crippen molar-refractivity contribution in [3.05, 3.63) is 5.92 Å². The summed E-state index contributed by atoms with van der Waals surface area (Å²) in [5, 5.41) is 0. The Morgan fingerprint density at radius 2 is 1.64 bits per heavy atom. The number of hydrogen-bond acceptors (Lipinski definition) is 1. The number of unbranched alkanes of at least 4 members (excludes halogenated alkanes) is 3. The molecule has 0 amide bonds. The Labute approximate surface area is 90.2 Å². The average molecular weight is 199 g/mol. The van der Waals surface area contributed by atoms with Crippen LogP contribution >= 0.6 is 0 Å². The van der Waals surface area contributed by atoms with Gasteiger partial charge in [-0.05, 0) is 24.7 Å². The van der Waals surface area contributed by atoms with Gasteiger partial charge in [0.1, 0.15) is 0 Å². The predicted molar refractivity (Wildman–Crippen MR) is 63.3 cm³/mol. The van der Waals surface area contributed by atoms with Gasteiger partial charge in [-0.1, -0.05) is 47.0 Å². The van der Waals surface area contributed by atoms with Crippen LogP contribution < -0.4 is 0 Å². The van der Waals surface area contributed by atoms with Gasteiger partial charge in [0.05, 0.1) is 0 Å². The third-order valence-electron chi connectivity index (χ3n) is 2.17. The van der Waals surface area contributed by atoms with Gasteiger partial charge in [-0.25, -0.2) is 0 Å². The first-order valence-electron chi connectivity index (χ1n) is 5.99. The van der Waals surface area contributed by atoms with E-state index in [1.54, 1.807) is 5.92 Å². The quantitative estimate of drug-likeness (QED) is 0.505. The summed E-state index contributed by atoms with van der Waals surface area (Å²) in [7, 11) is 0. The van der Waals surface area contributed by atoms with Crippen molar-refractivity contribution in [3.63, 3.8) is 0 Å². The zero-order valence-electron chi connectivity index (χ0n) is 10.4. The molecule has 14 heavy (non-hydrogen) atoms. The fraction of sp³-hybridized carbons (Fsp3) is 0.923. The Kier molecular flexibility index (Phi) is 9.49. The van der Waals surface area contributed by atoms with Gasteiger partial charge in [0.25, 0.3) is 0 Å². The molecule has 0 atom stereocenters. The van der Waals surface area contributed by atoms with Crippen LogP contribution in [0.15, 0.2) is 0 Å². The standard InChI is InChI=1S/C13H27O/c1-12(2)9-7-5-6-8-10-14-11-13(3)4/h13H,5-11H2,1-4H3. The molecule has 0 aromatic carbocycles. The Bertz CT molecular complexity index is 93.8. The lowest BCUT2D eigenvalue weighted by Crippen LogP contribution is -2.02. The molecular formula is C13H27O. The highest BCUT2D eigenvalue weighted by Gasteiger charge is 1.96. The molecule has 0 aliphatic carbocycles. The third kappa shape index (κ3) is 12.0. The molecule has 0 rings (SSSR count). The smallest absolute Gasteiger partial charge is 0.0488 e. The van der Waals surface area contributed by atoms with E-state index in [1.165, 1.54) is 32.1 Å². The second kappa shape index (κ2) is 9.51. The van der Waals surface area contributed by atoms with Crippen molar-refractivity contribution in [2.24, 2.45) is 5.92 Å². The van der Waals surface area contributed by atoms with Crippen molar-refractivity contribution in [1.29, 1.82) is 0 Å². The second-order valence-electron chi connectivity index (χ2n) is 4.84. The molecule has 0 aliphatic rings. The minimum absolute atomic E-state index is 0.673. The molecule has 0 aromatic rings. The Hall–Kier alpha value is -0.0400. The molecule has 0 spiro atoms. The van der Waals surface area contributed by atoms with Crippen LogP contribution in [0.1, 0.15) is 59.8 Å². The Balaban J connectivity index is 2.92. The fourth-order valence-electron chi connectivity index (χ4n) is 1.36. The van der Waals surface area contributed by atoms with E-state index in [-0.39, 0.29) is 0 Å². The van der Waals surface area contributed by atoms with Crippen LogP contribution in [-0.2, 0) is 4.74 Å². The first-order chi connectivity index (χ1) is 6.63. The summed E-state index contributed by atoms with van der Waals surface area (Å²) in [4.78, 5) is 0. The molecule has 0 bridgehead atoms. The third-order valence-corrected chi connectivity index (χ3v) is 2.17. The van der Waals surface area contributed by atoms with E-state index in [2.05, 4.69) is 27.7 Å². The molecule has 0 fully saturated rings. The summed E-state index contributed by atoms with van der Waals surface area (Å²) >= 11 is 0. The van der Waals surface area contributed by atoms with E-state index in [9.17, 15) is 0 Å². The monoisotopic (exact) mass is 199 g/mol. The zero-order valence-corrected chi connectivity index (χ0v) is 10.4. The van der Waals surface area contributed by atoms with E-state index in [0.29, 0.717) is 5.92 Å².